The van der Waals surface area contributed by atoms with E-state index in [4.69, 9.17) is 0 Å². The second-order valence-electron chi connectivity index (χ2n) is 3.57. The van der Waals surface area contributed by atoms with Crippen LogP contribution in [-0.4, -0.2) is 12.6 Å². The van der Waals surface area contributed by atoms with Gasteiger partial charge >= 0.3 is 0 Å². The zero-order valence-electron chi connectivity index (χ0n) is 8.48. The summed E-state index contributed by atoms with van der Waals surface area (Å²) in [6.07, 6.45) is 3.86. The van der Waals surface area contributed by atoms with E-state index in [9.17, 15) is 0 Å². The van der Waals surface area contributed by atoms with Crippen molar-refractivity contribution in [2.75, 3.05) is 6.54 Å². The van der Waals surface area contributed by atoms with Crippen LogP contribution in [0.15, 0.2) is 0 Å². The molecule has 0 aliphatic rings. The third-order valence-electron chi connectivity index (χ3n) is 2.44. The fourth-order valence-corrected chi connectivity index (χ4v) is 0.925. The number of hydrogen-bond acceptors (Lipinski definition) is 1. The van der Waals surface area contributed by atoms with Gasteiger partial charge in [0.2, 0.25) is 0 Å². The Kier molecular flexibility index (Phi) is 6.63. The van der Waals surface area contributed by atoms with Crippen LogP contribution in [0.1, 0.15) is 47.0 Å². The van der Waals surface area contributed by atoms with Crippen molar-refractivity contribution < 1.29 is 0 Å². The van der Waals surface area contributed by atoms with E-state index in [1.165, 1.54) is 25.8 Å². The van der Waals surface area contributed by atoms with Crippen LogP contribution >= 0.6 is 0 Å². The summed E-state index contributed by atoms with van der Waals surface area (Å²) < 4.78 is 0. The third kappa shape index (κ3) is 6.36. The van der Waals surface area contributed by atoms with Crippen molar-refractivity contribution in [2.45, 2.75) is 53.0 Å². The van der Waals surface area contributed by atoms with E-state index in [-0.39, 0.29) is 0 Å². The highest BCUT2D eigenvalue weighted by Gasteiger charge is 1.99. The molecule has 1 heteroatoms. The van der Waals surface area contributed by atoms with Crippen molar-refractivity contribution in [3.63, 3.8) is 0 Å². The summed E-state index contributed by atoms with van der Waals surface area (Å²) >= 11 is 0. The molecule has 0 aliphatic carbocycles. The topological polar surface area (TPSA) is 12.0 Å². The molecular weight excluding hydrogens is 134 g/mol. The highest BCUT2D eigenvalue weighted by Crippen LogP contribution is 2.04. The van der Waals surface area contributed by atoms with Crippen LogP contribution in [-0.2, 0) is 0 Å². The molecule has 0 amide bonds. The summed E-state index contributed by atoms with van der Waals surface area (Å²) in [6, 6.07) is 0.694. The average molecular weight is 157 g/mol. The molecule has 0 saturated carbocycles. The third-order valence-corrected chi connectivity index (χ3v) is 2.44. The zero-order chi connectivity index (χ0) is 8.69. The Bertz CT molecular complexity index is 70.9. The molecule has 68 valence electrons. The van der Waals surface area contributed by atoms with Crippen LogP contribution in [0.4, 0.5) is 0 Å². The van der Waals surface area contributed by atoms with Crippen molar-refractivity contribution in [1.82, 2.24) is 5.32 Å². The molecule has 0 aliphatic heterocycles. The van der Waals surface area contributed by atoms with Gasteiger partial charge in [-0.3, -0.25) is 0 Å². The minimum atomic E-state index is 0.694. The van der Waals surface area contributed by atoms with Crippen LogP contribution in [0.25, 0.3) is 0 Å². The lowest BCUT2D eigenvalue weighted by Crippen LogP contribution is -2.27. The molecule has 1 unspecified atom stereocenters. The van der Waals surface area contributed by atoms with E-state index in [1.54, 1.807) is 0 Å². The van der Waals surface area contributed by atoms with Gasteiger partial charge in [0.05, 0.1) is 0 Å². The number of rotatable bonds is 6. The fraction of sp³-hybridized carbons (Fsp3) is 1.00. The van der Waals surface area contributed by atoms with Gasteiger partial charge in [0, 0.05) is 6.04 Å². The Morgan fingerprint density at radius 1 is 1.09 bits per heavy atom. The molecule has 0 saturated heterocycles. The minimum absolute atomic E-state index is 0.694. The van der Waals surface area contributed by atoms with Crippen molar-refractivity contribution in [2.24, 2.45) is 5.92 Å². The van der Waals surface area contributed by atoms with Crippen LogP contribution in [0, 0.1) is 5.92 Å². The van der Waals surface area contributed by atoms with Gasteiger partial charge in [0.15, 0.2) is 0 Å². The lowest BCUT2D eigenvalue weighted by Gasteiger charge is -2.13. The first-order valence-corrected chi connectivity index (χ1v) is 4.94. The van der Waals surface area contributed by atoms with Crippen LogP contribution in [0.5, 0.6) is 0 Å². The molecular formula is C10H23N. The molecule has 0 heterocycles. The Balaban J connectivity index is 3.13. The predicted octanol–water partition coefficient (Wildman–Crippen LogP) is 2.81. The fourth-order valence-electron chi connectivity index (χ4n) is 0.925. The van der Waals surface area contributed by atoms with Gasteiger partial charge in [-0.2, -0.15) is 0 Å². The maximum atomic E-state index is 3.50. The monoisotopic (exact) mass is 157 g/mol. The SMILES string of the molecule is CCC(C)NCC[C@H](C)CC. The molecule has 1 nitrogen and oxygen atoms in total. The second kappa shape index (κ2) is 6.66. The molecule has 0 aromatic rings. The quantitative estimate of drug-likeness (QED) is 0.625. The first kappa shape index (κ1) is 11.0. The molecule has 0 radical (unpaired) electrons. The summed E-state index contributed by atoms with van der Waals surface area (Å²) in [5.74, 6) is 0.881. The Labute approximate surface area is 71.6 Å². The van der Waals surface area contributed by atoms with E-state index in [1.807, 2.05) is 0 Å². The minimum Gasteiger partial charge on any atom is -0.314 e. The maximum absolute atomic E-state index is 3.50. The van der Waals surface area contributed by atoms with Gasteiger partial charge < -0.3 is 5.32 Å². The molecule has 1 N–H and O–H groups in total. The molecule has 0 spiro atoms. The van der Waals surface area contributed by atoms with E-state index >= 15 is 0 Å². The number of hydrogen-bond donors (Lipinski definition) is 1. The standard InChI is InChI=1S/C10H23N/c1-5-9(3)7-8-11-10(4)6-2/h9-11H,5-8H2,1-4H3/t9-,10?/m1/s1. The summed E-state index contributed by atoms with van der Waals surface area (Å²) in [4.78, 5) is 0. The molecule has 11 heavy (non-hydrogen) atoms. The molecule has 0 aromatic heterocycles. The lowest BCUT2D eigenvalue weighted by molar-refractivity contribution is 0.452. The summed E-state index contributed by atoms with van der Waals surface area (Å²) in [7, 11) is 0. The van der Waals surface area contributed by atoms with Crippen molar-refractivity contribution in [3.8, 4) is 0 Å². The summed E-state index contributed by atoms with van der Waals surface area (Å²) in [6.45, 7) is 10.2. The summed E-state index contributed by atoms with van der Waals surface area (Å²) in [5.41, 5.74) is 0. The van der Waals surface area contributed by atoms with E-state index < -0.39 is 0 Å². The van der Waals surface area contributed by atoms with Gasteiger partial charge in [-0.15, -0.1) is 0 Å². The Hall–Kier alpha value is -0.0400. The van der Waals surface area contributed by atoms with Crippen molar-refractivity contribution in [1.29, 1.82) is 0 Å². The maximum Gasteiger partial charge on any atom is 0.00361 e. The van der Waals surface area contributed by atoms with E-state index in [0.717, 1.165) is 5.92 Å². The van der Waals surface area contributed by atoms with Gasteiger partial charge in [-0.05, 0) is 32.2 Å². The van der Waals surface area contributed by atoms with Crippen LogP contribution < -0.4 is 5.32 Å². The molecule has 0 fully saturated rings. The molecule has 0 aromatic carbocycles. The van der Waals surface area contributed by atoms with Gasteiger partial charge in [0.25, 0.3) is 0 Å². The van der Waals surface area contributed by atoms with E-state index in [0.29, 0.717) is 6.04 Å². The number of nitrogens with one attached hydrogen (secondary N) is 1. The Morgan fingerprint density at radius 3 is 2.18 bits per heavy atom. The highest BCUT2D eigenvalue weighted by molar-refractivity contribution is 4.59. The zero-order valence-corrected chi connectivity index (χ0v) is 8.48. The lowest BCUT2D eigenvalue weighted by atomic mass is 10.1. The molecule has 0 rings (SSSR count). The highest BCUT2D eigenvalue weighted by atomic mass is 14.9. The second-order valence-corrected chi connectivity index (χ2v) is 3.57. The van der Waals surface area contributed by atoms with Crippen LogP contribution in [0.2, 0.25) is 0 Å². The van der Waals surface area contributed by atoms with Gasteiger partial charge in [-0.1, -0.05) is 27.2 Å². The first-order chi connectivity index (χ1) is 5.20. The predicted molar refractivity (Wildman–Crippen MR) is 51.8 cm³/mol. The normalized spacial score (nSPS) is 16.4. The van der Waals surface area contributed by atoms with E-state index in [2.05, 4.69) is 33.0 Å². The van der Waals surface area contributed by atoms with Crippen molar-refractivity contribution in [3.05, 3.63) is 0 Å². The van der Waals surface area contributed by atoms with Gasteiger partial charge in [-0.25, -0.2) is 0 Å². The Morgan fingerprint density at radius 2 is 1.73 bits per heavy atom. The molecule has 2 atom stereocenters. The van der Waals surface area contributed by atoms with Crippen LogP contribution in [0.3, 0.4) is 0 Å². The smallest absolute Gasteiger partial charge is 0.00361 e. The van der Waals surface area contributed by atoms with Gasteiger partial charge in [0.1, 0.15) is 0 Å². The average Bonchev–Trinajstić information content (AvgIpc) is 2.04. The van der Waals surface area contributed by atoms with Crippen molar-refractivity contribution >= 4 is 0 Å². The largest absolute Gasteiger partial charge is 0.314 e. The molecule has 0 bridgehead atoms. The summed E-state index contributed by atoms with van der Waals surface area (Å²) in [5, 5.41) is 3.50. The first-order valence-electron chi connectivity index (χ1n) is 4.94.